The van der Waals surface area contributed by atoms with E-state index in [1.54, 1.807) is 0 Å². The highest BCUT2D eigenvalue weighted by Gasteiger charge is 2.59. The van der Waals surface area contributed by atoms with Gasteiger partial charge in [-0.15, -0.1) is 0 Å². The molecule has 0 aliphatic heterocycles. The Morgan fingerprint density at radius 1 is 0.889 bits per heavy atom. The number of hydrogen-bond donors (Lipinski definition) is 2. The average molecular weight is 377 g/mol. The first-order valence-electron chi connectivity index (χ1n) is 12.0. The second-order valence-electron chi connectivity index (χ2n) is 12.1. The number of aliphatic hydroxyl groups excluding tert-OH is 1. The van der Waals surface area contributed by atoms with Crippen LogP contribution < -0.4 is 0 Å². The molecule has 0 saturated heterocycles. The lowest BCUT2D eigenvalue weighted by molar-refractivity contribution is -0.127. The van der Waals surface area contributed by atoms with Crippen LogP contribution in [0.2, 0.25) is 0 Å². The van der Waals surface area contributed by atoms with Gasteiger partial charge in [-0.3, -0.25) is 0 Å². The van der Waals surface area contributed by atoms with Crippen LogP contribution in [0.4, 0.5) is 0 Å². The minimum Gasteiger partial charge on any atom is -0.393 e. The predicted octanol–water partition coefficient (Wildman–Crippen LogP) is 5.95. The first-order chi connectivity index (χ1) is 12.6. The molecule has 2 N–H and O–H groups in total. The lowest BCUT2D eigenvalue weighted by Gasteiger charge is -2.61. The van der Waals surface area contributed by atoms with Crippen molar-refractivity contribution in [3.63, 3.8) is 0 Å². The van der Waals surface area contributed by atoms with Gasteiger partial charge < -0.3 is 10.2 Å². The highest BCUT2D eigenvalue weighted by molar-refractivity contribution is 5.09. The van der Waals surface area contributed by atoms with E-state index >= 15 is 0 Å². The summed E-state index contributed by atoms with van der Waals surface area (Å²) in [6.45, 7) is 9.14. The Morgan fingerprint density at radius 3 is 2.33 bits per heavy atom. The van der Waals surface area contributed by atoms with Gasteiger partial charge in [0.05, 0.1) is 11.7 Å². The summed E-state index contributed by atoms with van der Waals surface area (Å²) in [5.41, 5.74) is 0.551. The van der Waals surface area contributed by atoms with Gasteiger partial charge in [0.25, 0.3) is 0 Å². The molecule has 2 nitrogen and oxygen atoms in total. The SMILES string of the molecule is CC(C)(O)CCC[C@H]1CCC2C3CCC4CC(O)CCC4(C)C3CCC21C. The van der Waals surface area contributed by atoms with Gasteiger partial charge >= 0.3 is 0 Å². The van der Waals surface area contributed by atoms with Gasteiger partial charge in [-0.2, -0.15) is 0 Å². The van der Waals surface area contributed by atoms with E-state index in [1.165, 1.54) is 57.8 Å². The van der Waals surface area contributed by atoms with E-state index in [4.69, 9.17) is 0 Å². The molecule has 0 aromatic carbocycles. The van der Waals surface area contributed by atoms with E-state index in [9.17, 15) is 10.2 Å². The Labute approximate surface area is 167 Å². The molecule has 0 heterocycles. The van der Waals surface area contributed by atoms with Crippen LogP contribution in [0.1, 0.15) is 105 Å². The average Bonchev–Trinajstić information content (AvgIpc) is 2.91. The molecule has 0 bridgehead atoms. The van der Waals surface area contributed by atoms with Gasteiger partial charge in [0, 0.05) is 0 Å². The Bertz CT molecular complexity index is 537. The summed E-state index contributed by atoms with van der Waals surface area (Å²) in [7, 11) is 0. The first kappa shape index (κ1) is 20.2. The van der Waals surface area contributed by atoms with Crippen molar-refractivity contribution in [2.24, 2.45) is 40.4 Å². The molecule has 4 fully saturated rings. The number of aliphatic hydroxyl groups is 2. The molecule has 0 amide bonds. The third kappa shape index (κ3) is 3.52. The molecular formula is C25H44O2. The molecule has 7 unspecified atom stereocenters. The van der Waals surface area contributed by atoms with Crippen molar-refractivity contribution in [3.8, 4) is 0 Å². The van der Waals surface area contributed by atoms with Crippen molar-refractivity contribution in [1.82, 2.24) is 0 Å². The third-order valence-corrected chi connectivity index (χ3v) is 10.2. The smallest absolute Gasteiger partial charge is 0.0591 e. The lowest BCUT2D eigenvalue weighted by atomic mass is 9.44. The van der Waals surface area contributed by atoms with Gasteiger partial charge in [-0.1, -0.05) is 20.3 Å². The molecule has 0 radical (unpaired) electrons. The molecule has 4 aliphatic carbocycles. The van der Waals surface area contributed by atoms with Gasteiger partial charge in [-0.25, -0.2) is 0 Å². The number of rotatable bonds is 4. The quantitative estimate of drug-likeness (QED) is 0.636. The Balaban J connectivity index is 1.46. The lowest BCUT2D eigenvalue weighted by Crippen LogP contribution is -2.53. The minimum atomic E-state index is -0.505. The summed E-state index contributed by atoms with van der Waals surface area (Å²) < 4.78 is 0. The second-order valence-corrected chi connectivity index (χ2v) is 12.1. The van der Waals surface area contributed by atoms with Crippen molar-refractivity contribution >= 4 is 0 Å². The van der Waals surface area contributed by atoms with Crippen molar-refractivity contribution in [3.05, 3.63) is 0 Å². The fraction of sp³-hybridized carbons (Fsp3) is 1.00. The zero-order chi connectivity index (χ0) is 19.4. The summed E-state index contributed by atoms with van der Waals surface area (Å²) in [5, 5.41) is 20.3. The fourth-order valence-corrected chi connectivity index (χ4v) is 8.60. The standard InChI is InChI=1S/C25H44O2/c1-23(2,27)13-5-6-17-8-10-21-20-9-7-18-16-19(26)11-14-25(18,4)22(20)12-15-24(17,21)3/h17-22,26-27H,5-16H2,1-4H3/t17-,18?,19?,20?,21?,22?,24?,25?/m0/s1. The molecular weight excluding hydrogens is 332 g/mol. The van der Waals surface area contributed by atoms with Crippen molar-refractivity contribution in [2.45, 2.75) is 116 Å². The van der Waals surface area contributed by atoms with E-state index in [2.05, 4.69) is 13.8 Å². The first-order valence-corrected chi connectivity index (χ1v) is 12.0. The van der Waals surface area contributed by atoms with Crippen LogP contribution in [-0.4, -0.2) is 21.9 Å². The van der Waals surface area contributed by atoms with Crippen LogP contribution in [0.15, 0.2) is 0 Å². The normalized spacial score (nSPS) is 50.0. The van der Waals surface area contributed by atoms with Gasteiger partial charge in [0.15, 0.2) is 0 Å². The predicted molar refractivity (Wildman–Crippen MR) is 111 cm³/mol. The van der Waals surface area contributed by atoms with Gasteiger partial charge in [0.1, 0.15) is 0 Å². The van der Waals surface area contributed by atoms with E-state index in [1.807, 2.05) is 13.8 Å². The second kappa shape index (κ2) is 7.01. The molecule has 0 aromatic rings. The highest BCUT2D eigenvalue weighted by atomic mass is 16.3. The van der Waals surface area contributed by atoms with E-state index in [-0.39, 0.29) is 6.10 Å². The molecule has 4 saturated carbocycles. The largest absolute Gasteiger partial charge is 0.393 e. The zero-order valence-corrected chi connectivity index (χ0v) is 18.3. The fourth-order valence-electron chi connectivity index (χ4n) is 8.60. The van der Waals surface area contributed by atoms with Crippen LogP contribution in [0, 0.1) is 40.4 Å². The minimum absolute atomic E-state index is 0.0277. The van der Waals surface area contributed by atoms with Crippen LogP contribution in [0.5, 0.6) is 0 Å². The third-order valence-electron chi connectivity index (χ3n) is 10.2. The Hall–Kier alpha value is -0.0800. The highest BCUT2D eigenvalue weighted by Crippen LogP contribution is 2.67. The maximum absolute atomic E-state index is 10.2. The number of fused-ring (bicyclic) bond motifs is 5. The summed E-state index contributed by atoms with van der Waals surface area (Å²) in [6.07, 6.45) is 15.3. The Kier molecular flexibility index (Phi) is 5.25. The van der Waals surface area contributed by atoms with Crippen LogP contribution in [-0.2, 0) is 0 Å². The molecule has 0 aromatic heterocycles. The van der Waals surface area contributed by atoms with Crippen molar-refractivity contribution < 1.29 is 10.2 Å². The number of hydrogen-bond acceptors (Lipinski definition) is 2. The summed E-state index contributed by atoms with van der Waals surface area (Å²) >= 11 is 0. The Morgan fingerprint density at radius 2 is 1.59 bits per heavy atom. The summed E-state index contributed by atoms with van der Waals surface area (Å²) in [4.78, 5) is 0. The molecule has 4 aliphatic rings. The van der Waals surface area contributed by atoms with Crippen LogP contribution in [0.25, 0.3) is 0 Å². The topological polar surface area (TPSA) is 40.5 Å². The van der Waals surface area contributed by atoms with Crippen molar-refractivity contribution in [1.29, 1.82) is 0 Å². The maximum atomic E-state index is 10.2. The van der Waals surface area contributed by atoms with Gasteiger partial charge in [-0.05, 0) is 125 Å². The van der Waals surface area contributed by atoms with E-state index < -0.39 is 5.60 Å². The molecule has 8 atom stereocenters. The molecule has 2 heteroatoms. The van der Waals surface area contributed by atoms with Crippen LogP contribution in [0.3, 0.4) is 0 Å². The molecule has 27 heavy (non-hydrogen) atoms. The summed E-state index contributed by atoms with van der Waals surface area (Å²) in [6, 6.07) is 0. The van der Waals surface area contributed by atoms with E-state index in [0.717, 1.165) is 48.9 Å². The molecule has 0 spiro atoms. The monoisotopic (exact) mass is 376 g/mol. The maximum Gasteiger partial charge on any atom is 0.0591 e. The van der Waals surface area contributed by atoms with Crippen molar-refractivity contribution in [2.75, 3.05) is 0 Å². The summed E-state index contributed by atoms with van der Waals surface area (Å²) in [5.74, 6) is 4.45. The molecule has 4 rings (SSSR count). The van der Waals surface area contributed by atoms with E-state index in [0.29, 0.717) is 10.8 Å². The molecule has 156 valence electrons. The van der Waals surface area contributed by atoms with Gasteiger partial charge in [0.2, 0.25) is 0 Å². The van der Waals surface area contributed by atoms with Crippen LogP contribution >= 0.6 is 0 Å². The zero-order valence-electron chi connectivity index (χ0n) is 18.3.